The van der Waals surface area contributed by atoms with E-state index in [4.69, 9.17) is 5.73 Å². The van der Waals surface area contributed by atoms with Crippen LogP contribution in [0.15, 0.2) is 47.6 Å². The van der Waals surface area contributed by atoms with Gasteiger partial charge in [0.15, 0.2) is 0 Å². The van der Waals surface area contributed by atoms with E-state index in [2.05, 4.69) is 49.7 Å². The lowest BCUT2D eigenvalue weighted by atomic mass is 9.96. The zero-order chi connectivity index (χ0) is 14.3. The summed E-state index contributed by atoms with van der Waals surface area (Å²) < 4.78 is 0. The molecule has 0 saturated heterocycles. The summed E-state index contributed by atoms with van der Waals surface area (Å²) in [5, 5.41) is 0. The lowest BCUT2D eigenvalue weighted by Gasteiger charge is -2.15. The normalized spacial score (nSPS) is 13.7. The van der Waals surface area contributed by atoms with Gasteiger partial charge in [-0.25, -0.2) is 0 Å². The molecule has 0 bridgehead atoms. The largest absolute Gasteiger partial charge is 0.404 e. The number of hydrogen-bond acceptors (Lipinski definition) is 2. The Bertz CT molecular complexity index is 467. The van der Waals surface area contributed by atoms with E-state index in [1.54, 1.807) is 6.20 Å². The molecule has 1 unspecified atom stereocenters. The quantitative estimate of drug-likeness (QED) is 0.764. The molecule has 19 heavy (non-hydrogen) atoms. The van der Waals surface area contributed by atoms with Crippen LogP contribution in [-0.2, 0) is 0 Å². The minimum atomic E-state index is 0.127. The molecule has 0 saturated carbocycles. The summed E-state index contributed by atoms with van der Waals surface area (Å²) in [6.45, 7) is 10.4. The fraction of sp³-hybridized carbons (Fsp3) is 0.353. The summed E-state index contributed by atoms with van der Waals surface area (Å²) in [6, 6.07) is 8.57. The predicted octanol–water partition coefficient (Wildman–Crippen LogP) is 4.11. The van der Waals surface area contributed by atoms with Crippen LogP contribution in [0.2, 0.25) is 0 Å². The molecule has 1 atom stereocenters. The van der Waals surface area contributed by atoms with E-state index in [0.29, 0.717) is 0 Å². The smallest absolute Gasteiger partial charge is 0.0749 e. The Kier molecular flexibility index (Phi) is 6.07. The molecule has 2 N–H and O–H groups in total. The third kappa shape index (κ3) is 4.74. The van der Waals surface area contributed by atoms with Crippen LogP contribution in [0.5, 0.6) is 0 Å². The van der Waals surface area contributed by atoms with Gasteiger partial charge in [-0.15, -0.1) is 0 Å². The maximum Gasteiger partial charge on any atom is 0.0749 e. The van der Waals surface area contributed by atoms with E-state index >= 15 is 0 Å². The first kappa shape index (κ1) is 15.2. The van der Waals surface area contributed by atoms with Gasteiger partial charge in [-0.3, -0.25) is 4.99 Å². The van der Waals surface area contributed by atoms with Gasteiger partial charge in [0, 0.05) is 6.21 Å². The fourth-order valence-electron chi connectivity index (χ4n) is 1.82. The van der Waals surface area contributed by atoms with Crippen molar-refractivity contribution in [3.8, 4) is 0 Å². The van der Waals surface area contributed by atoms with Crippen molar-refractivity contribution in [3.63, 3.8) is 0 Å². The van der Waals surface area contributed by atoms with Crippen LogP contribution in [0, 0.1) is 6.92 Å². The summed E-state index contributed by atoms with van der Waals surface area (Å²) in [5.41, 5.74) is 9.92. The Morgan fingerprint density at radius 1 is 1.37 bits per heavy atom. The van der Waals surface area contributed by atoms with Crippen molar-refractivity contribution < 1.29 is 0 Å². The van der Waals surface area contributed by atoms with Crippen molar-refractivity contribution in [2.45, 2.75) is 39.7 Å². The van der Waals surface area contributed by atoms with E-state index in [1.165, 1.54) is 5.56 Å². The molecule has 0 amide bonds. The number of rotatable bonds is 6. The summed E-state index contributed by atoms with van der Waals surface area (Å²) in [4.78, 5) is 4.61. The molecule has 1 rings (SSSR count). The highest BCUT2D eigenvalue weighted by Crippen LogP contribution is 2.22. The summed E-state index contributed by atoms with van der Waals surface area (Å²) in [5.74, 6) is 0. The molecular weight excluding hydrogens is 232 g/mol. The predicted molar refractivity (Wildman–Crippen MR) is 85.3 cm³/mol. The highest BCUT2D eigenvalue weighted by atomic mass is 14.8. The van der Waals surface area contributed by atoms with E-state index in [9.17, 15) is 0 Å². The molecular formula is C17H24N2. The molecule has 0 aliphatic carbocycles. The second-order valence-corrected chi connectivity index (χ2v) is 4.88. The molecule has 0 heterocycles. The first-order valence-corrected chi connectivity index (χ1v) is 6.76. The van der Waals surface area contributed by atoms with E-state index in [-0.39, 0.29) is 6.04 Å². The van der Waals surface area contributed by atoms with Crippen LogP contribution < -0.4 is 5.73 Å². The Balaban J connectivity index is 2.89. The standard InChI is InChI=1S/C17H24N2/c1-5-6-17(19-12-14(3)11-18)15(4)16-9-7-13(2)8-10-16/h7-12,17H,4-6,18H2,1-3H3. The van der Waals surface area contributed by atoms with Gasteiger partial charge in [0.1, 0.15) is 0 Å². The third-order valence-electron chi connectivity index (χ3n) is 3.11. The molecule has 0 radical (unpaired) electrons. The van der Waals surface area contributed by atoms with Gasteiger partial charge in [-0.05, 0) is 43.2 Å². The summed E-state index contributed by atoms with van der Waals surface area (Å²) >= 11 is 0. The van der Waals surface area contributed by atoms with Crippen molar-refractivity contribution >= 4 is 11.8 Å². The van der Waals surface area contributed by atoms with Gasteiger partial charge in [0.05, 0.1) is 6.04 Å². The zero-order valence-electron chi connectivity index (χ0n) is 12.2. The second kappa shape index (κ2) is 7.57. The van der Waals surface area contributed by atoms with Gasteiger partial charge >= 0.3 is 0 Å². The van der Waals surface area contributed by atoms with Crippen molar-refractivity contribution in [2.75, 3.05) is 0 Å². The average molecular weight is 256 g/mol. The lowest BCUT2D eigenvalue weighted by Crippen LogP contribution is -2.07. The monoisotopic (exact) mass is 256 g/mol. The first-order valence-electron chi connectivity index (χ1n) is 6.76. The SMILES string of the molecule is C=C(c1ccc(C)cc1)C(CCC)N=CC(C)=CN. The second-order valence-electron chi connectivity index (χ2n) is 4.88. The maximum atomic E-state index is 5.46. The molecule has 0 fully saturated rings. The Morgan fingerprint density at radius 3 is 2.53 bits per heavy atom. The molecule has 0 aromatic heterocycles. The zero-order valence-corrected chi connectivity index (χ0v) is 12.2. The number of allylic oxidation sites excluding steroid dienone is 1. The van der Waals surface area contributed by atoms with Crippen molar-refractivity contribution in [2.24, 2.45) is 10.7 Å². The molecule has 2 heteroatoms. The van der Waals surface area contributed by atoms with Crippen LogP contribution in [-0.4, -0.2) is 12.3 Å². The van der Waals surface area contributed by atoms with Gasteiger partial charge in [0.25, 0.3) is 0 Å². The van der Waals surface area contributed by atoms with Crippen molar-refractivity contribution in [1.82, 2.24) is 0 Å². The maximum absolute atomic E-state index is 5.46. The lowest BCUT2D eigenvalue weighted by molar-refractivity contribution is 0.721. The molecule has 0 spiro atoms. The van der Waals surface area contributed by atoms with Crippen molar-refractivity contribution in [1.29, 1.82) is 0 Å². The topological polar surface area (TPSA) is 38.4 Å². The van der Waals surface area contributed by atoms with Gasteiger partial charge in [0.2, 0.25) is 0 Å². The summed E-state index contributed by atoms with van der Waals surface area (Å²) in [7, 11) is 0. The number of benzene rings is 1. The Morgan fingerprint density at radius 2 is 2.00 bits per heavy atom. The minimum Gasteiger partial charge on any atom is -0.404 e. The van der Waals surface area contributed by atoms with Crippen LogP contribution in [0.4, 0.5) is 0 Å². The molecule has 1 aromatic rings. The van der Waals surface area contributed by atoms with E-state index in [0.717, 1.165) is 29.6 Å². The van der Waals surface area contributed by atoms with Gasteiger partial charge < -0.3 is 5.73 Å². The number of aliphatic imine (C=N–C) groups is 1. The molecule has 102 valence electrons. The van der Waals surface area contributed by atoms with Crippen LogP contribution in [0.3, 0.4) is 0 Å². The van der Waals surface area contributed by atoms with Crippen LogP contribution in [0.1, 0.15) is 37.8 Å². The van der Waals surface area contributed by atoms with E-state index < -0.39 is 0 Å². The van der Waals surface area contributed by atoms with Crippen LogP contribution in [0.25, 0.3) is 5.57 Å². The highest BCUT2D eigenvalue weighted by molar-refractivity contribution is 5.79. The number of hydrogen-bond donors (Lipinski definition) is 1. The number of aryl methyl sites for hydroxylation is 1. The van der Waals surface area contributed by atoms with Crippen molar-refractivity contribution in [3.05, 3.63) is 53.7 Å². The van der Waals surface area contributed by atoms with Gasteiger partial charge in [-0.2, -0.15) is 0 Å². The number of nitrogens with two attached hydrogens (primary N) is 1. The highest BCUT2D eigenvalue weighted by Gasteiger charge is 2.11. The Labute approximate surface area is 116 Å². The molecule has 1 aromatic carbocycles. The summed E-state index contributed by atoms with van der Waals surface area (Å²) in [6.07, 6.45) is 5.49. The Hall–Kier alpha value is -1.83. The molecule has 0 aliphatic heterocycles. The fourth-order valence-corrected chi connectivity index (χ4v) is 1.82. The average Bonchev–Trinajstić information content (AvgIpc) is 2.43. The van der Waals surface area contributed by atoms with E-state index in [1.807, 2.05) is 13.1 Å². The van der Waals surface area contributed by atoms with Crippen LogP contribution >= 0.6 is 0 Å². The molecule has 0 aliphatic rings. The third-order valence-corrected chi connectivity index (χ3v) is 3.11. The molecule has 2 nitrogen and oxygen atoms in total. The first-order chi connectivity index (χ1) is 9.08. The van der Waals surface area contributed by atoms with Gasteiger partial charge in [-0.1, -0.05) is 49.8 Å². The minimum absolute atomic E-state index is 0.127. The number of nitrogens with zero attached hydrogens (tertiary/aromatic N) is 1.